The van der Waals surface area contributed by atoms with E-state index in [4.69, 9.17) is 14.2 Å². The molecular formula is C19H18N2O5. The van der Waals surface area contributed by atoms with Gasteiger partial charge in [-0.1, -0.05) is 24.3 Å². The Morgan fingerprint density at radius 3 is 2.58 bits per heavy atom. The average Bonchev–Trinajstić information content (AvgIpc) is 2.66. The molecule has 0 radical (unpaired) electrons. The first-order valence-corrected chi connectivity index (χ1v) is 8.02. The molecule has 7 heteroatoms. The maximum Gasteiger partial charge on any atom is 0.344 e. The van der Waals surface area contributed by atoms with E-state index in [0.717, 1.165) is 0 Å². The topological polar surface area (TPSA) is 90.5 Å². The smallest absolute Gasteiger partial charge is 0.344 e. The standard InChI is InChI=1S/C19H18N2O5/c1-12(18-20-14-8-4-3-7-13(14)19(23)21-18)26-17(22)11-25-16-10-6-5-9-15(16)24-2/h3-10,12H,11H2,1-2H3,(H,20,21,23)/t12-/m1/s1. The number of esters is 1. The second-order valence-corrected chi connectivity index (χ2v) is 5.54. The summed E-state index contributed by atoms with van der Waals surface area (Å²) in [6.07, 6.45) is -0.721. The molecular weight excluding hydrogens is 336 g/mol. The summed E-state index contributed by atoms with van der Waals surface area (Å²) < 4.78 is 15.9. The number of aromatic nitrogens is 2. The largest absolute Gasteiger partial charge is 0.493 e. The first kappa shape index (κ1) is 17.5. The highest BCUT2D eigenvalue weighted by molar-refractivity contribution is 5.77. The van der Waals surface area contributed by atoms with Crippen LogP contribution in [0, 0.1) is 0 Å². The molecule has 0 amide bonds. The van der Waals surface area contributed by atoms with Crippen molar-refractivity contribution in [2.45, 2.75) is 13.0 Å². The van der Waals surface area contributed by atoms with Crippen LogP contribution in [-0.2, 0) is 9.53 Å². The zero-order chi connectivity index (χ0) is 18.5. The molecule has 26 heavy (non-hydrogen) atoms. The third-order valence-electron chi connectivity index (χ3n) is 3.74. The number of nitrogens with zero attached hydrogens (tertiary/aromatic N) is 1. The highest BCUT2D eigenvalue weighted by Gasteiger charge is 2.16. The molecule has 7 nitrogen and oxygen atoms in total. The molecule has 0 saturated carbocycles. The second-order valence-electron chi connectivity index (χ2n) is 5.54. The maximum absolute atomic E-state index is 12.1. The summed E-state index contributed by atoms with van der Waals surface area (Å²) in [5, 5.41) is 0.481. The predicted molar refractivity (Wildman–Crippen MR) is 95.4 cm³/mol. The third-order valence-corrected chi connectivity index (χ3v) is 3.74. The summed E-state index contributed by atoms with van der Waals surface area (Å²) in [6, 6.07) is 14.0. The monoisotopic (exact) mass is 354 g/mol. The number of nitrogens with one attached hydrogen (secondary N) is 1. The number of methoxy groups -OCH3 is 1. The van der Waals surface area contributed by atoms with E-state index in [1.807, 2.05) is 0 Å². The molecule has 134 valence electrons. The Hall–Kier alpha value is -3.35. The molecule has 0 bridgehead atoms. The molecule has 3 aromatic rings. The van der Waals surface area contributed by atoms with Crippen LogP contribution in [0.4, 0.5) is 0 Å². The zero-order valence-electron chi connectivity index (χ0n) is 14.4. The number of hydrogen-bond donors (Lipinski definition) is 1. The van der Waals surface area contributed by atoms with Crippen LogP contribution in [0.15, 0.2) is 53.3 Å². The highest BCUT2D eigenvalue weighted by atomic mass is 16.6. The van der Waals surface area contributed by atoms with E-state index in [1.165, 1.54) is 7.11 Å². The molecule has 1 heterocycles. The Morgan fingerprint density at radius 2 is 1.81 bits per heavy atom. The highest BCUT2D eigenvalue weighted by Crippen LogP contribution is 2.25. The van der Waals surface area contributed by atoms with Gasteiger partial charge in [-0.15, -0.1) is 0 Å². The lowest BCUT2D eigenvalue weighted by atomic mass is 10.2. The van der Waals surface area contributed by atoms with Gasteiger partial charge in [0.15, 0.2) is 30.0 Å². The summed E-state index contributed by atoms with van der Waals surface area (Å²) >= 11 is 0. The Bertz CT molecular complexity index is 983. The SMILES string of the molecule is COc1ccccc1OCC(=O)O[C@H](C)c1nc2ccccc2c(=O)[nH]1. The Balaban J connectivity index is 1.67. The fourth-order valence-electron chi connectivity index (χ4n) is 2.46. The van der Waals surface area contributed by atoms with Crippen LogP contribution >= 0.6 is 0 Å². The van der Waals surface area contributed by atoms with Crippen molar-refractivity contribution in [2.75, 3.05) is 13.7 Å². The van der Waals surface area contributed by atoms with E-state index in [0.29, 0.717) is 22.4 Å². The first-order chi connectivity index (χ1) is 12.6. The maximum atomic E-state index is 12.1. The number of carbonyl (C=O) groups excluding carboxylic acids is 1. The number of hydrogen-bond acceptors (Lipinski definition) is 6. The molecule has 0 aliphatic rings. The summed E-state index contributed by atoms with van der Waals surface area (Å²) in [5.74, 6) is 0.657. The molecule has 1 N–H and O–H groups in total. The van der Waals surface area contributed by atoms with E-state index in [2.05, 4.69) is 9.97 Å². The molecule has 3 rings (SSSR count). The number of aromatic amines is 1. The number of fused-ring (bicyclic) bond motifs is 1. The summed E-state index contributed by atoms with van der Waals surface area (Å²) in [5.41, 5.74) is 0.262. The number of benzene rings is 2. The molecule has 0 aliphatic carbocycles. The Kier molecular flexibility index (Phi) is 5.17. The van der Waals surface area contributed by atoms with Crippen molar-refractivity contribution in [1.82, 2.24) is 9.97 Å². The Morgan fingerprint density at radius 1 is 1.12 bits per heavy atom. The first-order valence-electron chi connectivity index (χ1n) is 8.02. The van der Waals surface area contributed by atoms with Crippen molar-refractivity contribution in [3.05, 3.63) is 64.7 Å². The minimum atomic E-state index is -0.721. The summed E-state index contributed by atoms with van der Waals surface area (Å²) in [7, 11) is 1.52. The van der Waals surface area contributed by atoms with Gasteiger partial charge in [0.05, 0.1) is 18.0 Å². The molecule has 1 aromatic heterocycles. The molecule has 0 aliphatic heterocycles. The van der Waals surface area contributed by atoms with Crippen molar-refractivity contribution < 1.29 is 19.0 Å². The molecule has 2 aromatic carbocycles. The van der Waals surface area contributed by atoms with Crippen LogP contribution < -0.4 is 15.0 Å². The quantitative estimate of drug-likeness (QED) is 0.684. The minimum Gasteiger partial charge on any atom is -0.493 e. The van der Waals surface area contributed by atoms with Crippen molar-refractivity contribution in [3.8, 4) is 11.5 Å². The van der Waals surface area contributed by atoms with Crippen molar-refractivity contribution >= 4 is 16.9 Å². The van der Waals surface area contributed by atoms with Crippen LogP contribution in [0.25, 0.3) is 10.9 Å². The van der Waals surface area contributed by atoms with Crippen LogP contribution in [0.3, 0.4) is 0 Å². The molecule has 1 atom stereocenters. The van der Waals surface area contributed by atoms with Gasteiger partial charge in [0.1, 0.15) is 0 Å². The molecule has 0 saturated heterocycles. The van der Waals surface area contributed by atoms with Crippen LogP contribution in [0.5, 0.6) is 11.5 Å². The number of ether oxygens (including phenoxy) is 3. The van der Waals surface area contributed by atoms with Gasteiger partial charge >= 0.3 is 5.97 Å². The van der Waals surface area contributed by atoms with E-state index in [9.17, 15) is 9.59 Å². The van der Waals surface area contributed by atoms with Gasteiger partial charge in [0.2, 0.25) is 0 Å². The summed E-state index contributed by atoms with van der Waals surface area (Å²) in [6.45, 7) is 1.34. The van der Waals surface area contributed by atoms with Crippen molar-refractivity contribution in [3.63, 3.8) is 0 Å². The zero-order valence-corrected chi connectivity index (χ0v) is 14.4. The minimum absolute atomic E-state index is 0.277. The van der Waals surface area contributed by atoms with E-state index in [1.54, 1.807) is 55.5 Å². The van der Waals surface area contributed by atoms with Gasteiger partial charge in [0, 0.05) is 0 Å². The lowest BCUT2D eigenvalue weighted by Crippen LogP contribution is -2.20. The molecule has 0 spiro atoms. The van der Waals surface area contributed by atoms with Gasteiger partial charge in [-0.25, -0.2) is 9.78 Å². The molecule has 0 fully saturated rings. The fourth-order valence-corrected chi connectivity index (χ4v) is 2.46. The van der Waals surface area contributed by atoms with E-state index < -0.39 is 12.1 Å². The van der Waals surface area contributed by atoms with Gasteiger partial charge in [0.25, 0.3) is 5.56 Å². The van der Waals surface area contributed by atoms with Gasteiger partial charge < -0.3 is 19.2 Å². The average molecular weight is 354 g/mol. The van der Waals surface area contributed by atoms with Crippen LogP contribution in [-0.4, -0.2) is 29.7 Å². The lowest BCUT2D eigenvalue weighted by Gasteiger charge is -2.14. The van der Waals surface area contributed by atoms with Gasteiger partial charge in [-0.2, -0.15) is 0 Å². The normalized spacial score (nSPS) is 11.8. The fraction of sp³-hybridized carbons (Fsp3) is 0.211. The lowest BCUT2D eigenvalue weighted by molar-refractivity contribution is -0.151. The number of H-pyrrole nitrogens is 1. The Labute approximate surface area is 149 Å². The van der Waals surface area contributed by atoms with Crippen molar-refractivity contribution in [2.24, 2.45) is 0 Å². The third kappa shape index (κ3) is 3.83. The number of carbonyl (C=O) groups is 1. The van der Waals surface area contributed by atoms with Crippen molar-refractivity contribution in [1.29, 1.82) is 0 Å². The molecule has 0 unspecified atom stereocenters. The predicted octanol–water partition coefficient (Wildman–Crippen LogP) is 2.61. The number of rotatable bonds is 6. The van der Waals surface area contributed by atoms with E-state index >= 15 is 0 Å². The van der Waals surface area contributed by atoms with Gasteiger partial charge in [-0.3, -0.25) is 4.79 Å². The van der Waals surface area contributed by atoms with Crippen LogP contribution in [0.1, 0.15) is 18.9 Å². The van der Waals surface area contributed by atoms with Gasteiger partial charge in [-0.05, 0) is 31.2 Å². The number of para-hydroxylation sites is 3. The second kappa shape index (κ2) is 7.69. The summed E-state index contributed by atoms with van der Waals surface area (Å²) in [4.78, 5) is 31.1. The van der Waals surface area contributed by atoms with E-state index in [-0.39, 0.29) is 18.0 Å². The van der Waals surface area contributed by atoms with Crippen LogP contribution in [0.2, 0.25) is 0 Å².